The molecular weight excluding hydrogens is 432 g/mol. The lowest BCUT2D eigenvalue weighted by Gasteiger charge is -2.37. The molecule has 0 bridgehead atoms. The van der Waals surface area contributed by atoms with Crippen molar-refractivity contribution < 1.29 is 23.8 Å². The van der Waals surface area contributed by atoms with Crippen LogP contribution < -0.4 is 14.4 Å². The van der Waals surface area contributed by atoms with E-state index in [1.807, 2.05) is 48.5 Å². The molecule has 1 unspecified atom stereocenters. The van der Waals surface area contributed by atoms with E-state index in [9.17, 15) is 14.9 Å². The molecule has 4 rings (SSSR count). The zero-order chi connectivity index (χ0) is 23.9. The third-order valence-corrected chi connectivity index (χ3v) is 5.38. The molecular formula is C27H22N2O5. The van der Waals surface area contributed by atoms with Crippen LogP contribution in [0.25, 0.3) is 6.08 Å². The van der Waals surface area contributed by atoms with Gasteiger partial charge in [-0.05, 0) is 41.5 Å². The van der Waals surface area contributed by atoms with Crippen LogP contribution in [0.4, 0.5) is 5.69 Å². The van der Waals surface area contributed by atoms with Gasteiger partial charge in [-0.1, -0.05) is 54.6 Å². The van der Waals surface area contributed by atoms with Crippen molar-refractivity contribution in [1.82, 2.24) is 0 Å². The van der Waals surface area contributed by atoms with Gasteiger partial charge in [-0.15, -0.1) is 0 Å². The van der Waals surface area contributed by atoms with Crippen LogP contribution in [0, 0.1) is 11.3 Å². The van der Waals surface area contributed by atoms with Crippen LogP contribution in [-0.2, 0) is 14.3 Å². The van der Waals surface area contributed by atoms with Crippen LogP contribution in [0.1, 0.15) is 17.2 Å². The van der Waals surface area contributed by atoms with Gasteiger partial charge in [-0.2, -0.15) is 5.26 Å². The largest absolute Gasteiger partial charge is 0.497 e. The lowest BCUT2D eigenvalue weighted by Crippen LogP contribution is -2.43. The van der Waals surface area contributed by atoms with Crippen LogP contribution in [0.2, 0.25) is 0 Å². The number of nitrogens with zero attached hydrogens (tertiary/aromatic N) is 2. The average Bonchev–Trinajstić information content (AvgIpc) is 2.90. The van der Waals surface area contributed by atoms with E-state index in [2.05, 4.69) is 0 Å². The Balaban J connectivity index is 1.52. The van der Waals surface area contributed by atoms with Crippen molar-refractivity contribution in [3.8, 4) is 17.6 Å². The minimum atomic E-state index is -0.871. The zero-order valence-corrected chi connectivity index (χ0v) is 18.5. The van der Waals surface area contributed by atoms with Crippen molar-refractivity contribution in [1.29, 1.82) is 5.26 Å². The van der Waals surface area contributed by atoms with E-state index < -0.39 is 18.5 Å². The number of para-hydroxylation sites is 2. The van der Waals surface area contributed by atoms with Gasteiger partial charge in [0.25, 0.3) is 5.91 Å². The van der Waals surface area contributed by atoms with Crippen molar-refractivity contribution in [3.63, 3.8) is 0 Å². The molecule has 0 aromatic heterocycles. The Labute approximate surface area is 197 Å². The summed E-state index contributed by atoms with van der Waals surface area (Å²) in [6.07, 6.45) is 1.41. The second kappa shape index (κ2) is 10.4. The highest BCUT2D eigenvalue weighted by Gasteiger charge is 2.33. The number of rotatable bonds is 6. The van der Waals surface area contributed by atoms with E-state index >= 15 is 0 Å². The van der Waals surface area contributed by atoms with E-state index in [4.69, 9.17) is 14.2 Å². The first-order valence-corrected chi connectivity index (χ1v) is 10.6. The molecule has 1 heterocycles. The number of anilines is 1. The molecule has 1 amide bonds. The van der Waals surface area contributed by atoms with Crippen LogP contribution >= 0.6 is 0 Å². The van der Waals surface area contributed by atoms with E-state index in [0.717, 1.165) is 5.56 Å². The molecule has 0 saturated carbocycles. The molecule has 0 saturated heterocycles. The number of carbonyl (C=O) groups excluding carboxylic acids is 2. The third-order valence-electron chi connectivity index (χ3n) is 5.38. The predicted octanol–water partition coefficient (Wildman–Crippen LogP) is 4.31. The number of benzene rings is 3. The van der Waals surface area contributed by atoms with Gasteiger partial charge in [-0.25, -0.2) is 4.79 Å². The van der Waals surface area contributed by atoms with Gasteiger partial charge < -0.3 is 14.2 Å². The Morgan fingerprint density at radius 3 is 2.47 bits per heavy atom. The second-order valence-electron chi connectivity index (χ2n) is 7.49. The fourth-order valence-corrected chi connectivity index (χ4v) is 3.70. The Morgan fingerprint density at radius 1 is 1.06 bits per heavy atom. The molecule has 1 aliphatic heterocycles. The number of ether oxygens (including phenoxy) is 3. The highest BCUT2D eigenvalue weighted by molar-refractivity contribution is 6.01. The fraction of sp³-hybridized carbons (Fsp3) is 0.148. The lowest BCUT2D eigenvalue weighted by molar-refractivity contribution is -0.143. The Hall–Kier alpha value is -4.57. The summed E-state index contributed by atoms with van der Waals surface area (Å²) in [5.41, 5.74) is 1.92. The number of amides is 1. The number of nitriles is 1. The predicted molar refractivity (Wildman–Crippen MR) is 126 cm³/mol. The molecule has 0 fully saturated rings. The first-order valence-electron chi connectivity index (χ1n) is 10.6. The van der Waals surface area contributed by atoms with Crippen LogP contribution in [0.3, 0.4) is 0 Å². The maximum atomic E-state index is 13.3. The fourth-order valence-electron chi connectivity index (χ4n) is 3.70. The number of carbonyl (C=O) groups is 2. The smallest absolute Gasteiger partial charge is 0.349 e. The van der Waals surface area contributed by atoms with Crippen LogP contribution in [0.15, 0.2) is 84.4 Å². The van der Waals surface area contributed by atoms with E-state index in [0.29, 0.717) is 22.7 Å². The van der Waals surface area contributed by atoms with E-state index in [1.54, 1.807) is 48.4 Å². The molecule has 0 radical (unpaired) electrons. The molecule has 3 aromatic rings. The zero-order valence-electron chi connectivity index (χ0n) is 18.5. The minimum Gasteiger partial charge on any atom is -0.497 e. The number of hydrogen-bond acceptors (Lipinski definition) is 6. The summed E-state index contributed by atoms with van der Waals surface area (Å²) >= 11 is 0. The molecule has 34 heavy (non-hydrogen) atoms. The monoisotopic (exact) mass is 454 g/mol. The summed E-state index contributed by atoms with van der Waals surface area (Å²) in [5, 5.41) is 9.44. The lowest BCUT2D eigenvalue weighted by atomic mass is 10.0. The van der Waals surface area contributed by atoms with Crippen molar-refractivity contribution in [2.45, 2.75) is 6.04 Å². The number of hydrogen-bond donors (Lipinski definition) is 0. The Kier molecular flexibility index (Phi) is 6.89. The van der Waals surface area contributed by atoms with Crippen molar-refractivity contribution in [3.05, 3.63) is 95.6 Å². The second-order valence-corrected chi connectivity index (χ2v) is 7.49. The highest BCUT2D eigenvalue weighted by atomic mass is 16.5. The SMILES string of the molecule is COc1ccc(/C=C(\C#N)C(=O)OCC(=O)N2c3ccccc3OCC2c2ccccc2)cc1. The van der Waals surface area contributed by atoms with Gasteiger partial charge in [0, 0.05) is 0 Å². The van der Waals surface area contributed by atoms with Crippen molar-refractivity contribution in [2.75, 3.05) is 25.2 Å². The highest BCUT2D eigenvalue weighted by Crippen LogP contribution is 2.39. The van der Waals surface area contributed by atoms with Gasteiger partial charge >= 0.3 is 5.97 Å². The summed E-state index contributed by atoms with van der Waals surface area (Å²) in [6, 6.07) is 25.0. The first kappa shape index (κ1) is 22.6. The molecule has 1 aliphatic rings. The van der Waals surface area contributed by atoms with Gasteiger partial charge in [0.15, 0.2) is 6.61 Å². The van der Waals surface area contributed by atoms with E-state index in [1.165, 1.54) is 6.08 Å². The molecule has 3 aromatic carbocycles. The first-order chi connectivity index (χ1) is 16.6. The topological polar surface area (TPSA) is 88.9 Å². The van der Waals surface area contributed by atoms with Crippen molar-refractivity contribution >= 4 is 23.6 Å². The van der Waals surface area contributed by atoms with Crippen LogP contribution in [-0.4, -0.2) is 32.2 Å². The number of methoxy groups -OCH3 is 1. The maximum Gasteiger partial charge on any atom is 0.349 e. The van der Waals surface area contributed by atoms with E-state index in [-0.39, 0.29) is 18.2 Å². The van der Waals surface area contributed by atoms with Gasteiger partial charge in [0.1, 0.15) is 29.7 Å². The quantitative estimate of drug-likeness (QED) is 0.313. The Bertz CT molecular complexity index is 1250. The summed E-state index contributed by atoms with van der Waals surface area (Å²) in [7, 11) is 1.55. The summed E-state index contributed by atoms with van der Waals surface area (Å²) < 4.78 is 16.2. The minimum absolute atomic E-state index is 0.208. The molecule has 0 aliphatic carbocycles. The third kappa shape index (κ3) is 4.92. The average molecular weight is 454 g/mol. The molecule has 0 spiro atoms. The normalized spacial score (nSPS) is 14.9. The molecule has 170 valence electrons. The number of fused-ring (bicyclic) bond motifs is 1. The summed E-state index contributed by atoms with van der Waals surface area (Å²) in [4.78, 5) is 27.4. The molecule has 7 heteroatoms. The van der Waals surface area contributed by atoms with Gasteiger partial charge in [-0.3, -0.25) is 9.69 Å². The maximum absolute atomic E-state index is 13.3. The molecule has 1 atom stereocenters. The molecule has 7 nitrogen and oxygen atoms in total. The molecule has 0 N–H and O–H groups in total. The number of esters is 1. The Morgan fingerprint density at radius 2 is 1.76 bits per heavy atom. The van der Waals surface area contributed by atoms with Crippen molar-refractivity contribution in [2.24, 2.45) is 0 Å². The summed E-state index contributed by atoms with van der Waals surface area (Å²) in [6.45, 7) is -0.250. The van der Waals surface area contributed by atoms with Crippen LogP contribution in [0.5, 0.6) is 11.5 Å². The summed E-state index contributed by atoms with van der Waals surface area (Å²) in [5.74, 6) is -0.0572. The van der Waals surface area contributed by atoms with Gasteiger partial charge in [0.05, 0.1) is 18.8 Å². The van der Waals surface area contributed by atoms with Gasteiger partial charge in [0.2, 0.25) is 0 Å². The standard InChI is InChI=1S/C27H22N2O5/c1-32-22-13-11-19(12-14-22)15-21(16-28)27(31)34-18-26(30)29-23-9-5-6-10-25(23)33-17-24(29)20-7-3-2-4-8-20/h2-15,24H,17-18H2,1H3/b21-15+.